The zero-order valence-electron chi connectivity index (χ0n) is 15.9. The van der Waals surface area contributed by atoms with Gasteiger partial charge in [0.25, 0.3) is 0 Å². The SMILES string of the molecule is CC(=O)N1CCC(NC2CC(=O)N(Cc3cccc4ccccc34)C2)CC1. The third-order valence-electron chi connectivity index (χ3n) is 5.87. The van der Waals surface area contributed by atoms with Gasteiger partial charge in [0, 0.05) is 51.6 Å². The van der Waals surface area contributed by atoms with E-state index in [0.29, 0.717) is 19.0 Å². The van der Waals surface area contributed by atoms with Gasteiger partial charge in [-0.15, -0.1) is 0 Å². The summed E-state index contributed by atoms with van der Waals surface area (Å²) in [7, 11) is 0. The number of carbonyl (C=O) groups is 2. The van der Waals surface area contributed by atoms with Gasteiger partial charge in [-0.1, -0.05) is 42.5 Å². The van der Waals surface area contributed by atoms with E-state index in [1.807, 2.05) is 15.9 Å². The summed E-state index contributed by atoms with van der Waals surface area (Å²) < 4.78 is 0. The normalized spacial score (nSPS) is 21.2. The summed E-state index contributed by atoms with van der Waals surface area (Å²) in [6, 6.07) is 15.2. The number of nitrogens with zero attached hydrogens (tertiary/aromatic N) is 2. The number of nitrogens with one attached hydrogen (secondary N) is 1. The number of hydrogen-bond donors (Lipinski definition) is 1. The van der Waals surface area contributed by atoms with Crippen molar-refractivity contribution in [2.24, 2.45) is 0 Å². The van der Waals surface area contributed by atoms with Gasteiger partial charge < -0.3 is 15.1 Å². The molecule has 2 aliphatic rings. The second kappa shape index (κ2) is 7.69. The lowest BCUT2D eigenvalue weighted by molar-refractivity contribution is -0.130. The van der Waals surface area contributed by atoms with Gasteiger partial charge in [0.1, 0.15) is 0 Å². The van der Waals surface area contributed by atoms with E-state index in [9.17, 15) is 9.59 Å². The van der Waals surface area contributed by atoms with Crippen LogP contribution in [0, 0.1) is 0 Å². The summed E-state index contributed by atoms with van der Waals surface area (Å²) in [5, 5.41) is 6.10. The molecule has 1 N–H and O–H groups in total. The number of fused-ring (bicyclic) bond motifs is 1. The minimum atomic E-state index is 0.158. The summed E-state index contributed by atoms with van der Waals surface area (Å²) in [5.41, 5.74) is 1.21. The minimum Gasteiger partial charge on any atom is -0.343 e. The molecule has 2 aliphatic heterocycles. The third kappa shape index (κ3) is 3.98. The number of benzene rings is 2. The van der Waals surface area contributed by atoms with E-state index in [1.54, 1.807) is 6.92 Å². The van der Waals surface area contributed by atoms with Crippen molar-refractivity contribution in [1.29, 1.82) is 0 Å². The van der Waals surface area contributed by atoms with E-state index in [-0.39, 0.29) is 17.9 Å². The lowest BCUT2D eigenvalue weighted by atomic mass is 10.0. The van der Waals surface area contributed by atoms with Gasteiger partial charge in [0.15, 0.2) is 0 Å². The van der Waals surface area contributed by atoms with Crippen molar-refractivity contribution in [1.82, 2.24) is 15.1 Å². The predicted octanol–water partition coefficient (Wildman–Crippen LogP) is 2.54. The number of hydrogen-bond acceptors (Lipinski definition) is 3. The second-order valence-electron chi connectivity index (χ2n) is 7.76. The molecule has 2 fully saturated rings. The van der Waals surface area contributed by atoms with Crippen LogP contribution in [0.25, 0.3) is 10.8 Å². The monoisotopic (exact) mass is 365 g/mol. The van der Waals surface area contributed by atoms with Crippen molar-refractivity contribution >= 4 is 22.6 Å². The first-order valence-electron chi connectivity index (χ1n) is 9.86. The fourth-order valence-electron chi connectivity index (χ4n) is 4.37. The Morgan fingerprint density at radius 2 is 1.81 bits per heavy atom. The summed E-state index contributed by atoms with van der Waals surface area (Å²) in [4.78, 5) is 27.9. The molecule has 2 saturated heterocycles. The molecule has 0 saturated carbocycles. The van der Waals surface area contributed by atoms with Crippen molar-refractivity contribution in [3.8, 4) is 0 Å². The van der Waals surface area contributed by atoms with Crippen molar-refractivity contribution in [2.75, 3.05) is 19.6 Å². The van der Waals surface area contributed by atoms with Crippen LogP contribution >= 0.6 is 0 Å². The molecule has 5 heteroatoms. The predicted molar refractivity (Wildman–Crippen MR) is 106 cm³/mol. The van der Waals surface area contributed by atoms with Crippen LogP contribution in [0.15, 0.2) is 42.5 Å². The molecule has 0 aliphatic carbocycles. The average molecular weight is 365 g/mol. The summed E-state index contributed by atoms with van der Waals surface area (Å²) in [6.07, 6.45) is 2.50. The number of likely N-dealkylation sites (tertiary alicyclic amines) is 2. The van der Waals surface area contributed by atoms with E-state index in [4.69, 9.17) is 0 Å². The van der Waals surface area contributed by atoms with Gasteiger partial charge in [0.2, 0.25) is 11.8 Å². The molecule has 0 bridgehead atoms. The van der Waals surface area contributed by atoms with Gasteiger partial charge in [-0.05, 0) is 29.2 Å². The maximum absolute atomic E-state index is 12.5. The minimum absolute atomic E-state index is 0.158. The smallest absolute Gasteiger partial charge is 0.224 e. The zero-order chi connectivity index (χ0) is 18.8. The number of piperidine rings is 1. The molecule has 1 atom stereocenters. The molecular weight excluding hydrogens is 338 g/mol. The van der Waals surface area contributed by atoms with Gasteiger partial charge in [0.05, 0.1) is 0 Å². The molecule has 142 valence electrons. The quantitative estimate of drug-likeness (QED) is 0.906. The van der Waals surface area contributed by atoms with Crippen molar-refractivity contribution in [2.45, 2.75) is 44.8 Å². The van der Waals surface area contributed by atoms with Crippen LogP contribution in [-0.2, 0) is 16.1 Å². The summed E-state index contributed by atoms with van der Waals surface area (Å²) in [5.74, 6) is 0.382. The van der Waals surface area contributed by atoms with Crippen LogP contribution in [0.1, 0.15) is 31.7 Å². The Kier molecular flexibility index (Phi) is 5.12. The molecule has 5 nitrogen and oxygen atoms in total. The number of amides is 2. The first-order valence-corrected chi connectivity index (χ1v) is 9.86. The van der Waals surface area contributed by atoms with Crippen LogP contribution in [-0.4, -0.2) is 53.3 Å². The van der Waals surface area contributed by atoms with E-state index < -0.39 is 0 Å². The van der Waals surface area contributed by atoms with Crippen molar-refractivity contribution in [3.05, 3.63) is 48.0 Å². The third-order valence-corrected chi connectivity index (χ3v) is 5.87. The van der Waals surface area contributed by atoms with Crippen LogP contribution in [0.3, 0.4) is 0 Å². The maximum Gasteiger partial charge on any atom is 0.224 e. The highest BCUT2D eigenvalue weighted by Gasteiger charge is 2.32. The van der Waals surface area contributed by atoms with Crippen LogP contribution in [0.2, 0.25) is 0 Å². The van der Waals surface area contributed by atoms with Gasteiger partial charge in [-0.25, -0.2) is 0 Å². The number of carbonyl (C=O) groups excluding carboxylic acids is 2. The molecule has 4 rings (SSSR count). The van der Waals surface area contributed by atoms with Crippen molar-refractivity contribution < 1.29 is 9.59 Å². The molecule has 2 heterocycles. The van der Waals surface area contributed by atoms with E-state index in [2.05, 4.69) is 41.7 Å². The Labute approximate surface area is 160 Å². The fourth-order valence-corrected chi connectivity index (χ4v) is 4.37. The first-order chi connectivity index (χ1) is 13.1. The first kappa shape index (κ1) is 18.0. The largest absolute Gasteiger partial charge is 0.343 e. The molecule has 0 aromatic heterocycles. The van der Waals surface area contributed by atoms with Crippen LogP contribution in [0.4, 0.5) is 0 Å². The van der Waals surface area contributed by atoms with E-state index in [0.717, 1.165) is 32.5 Å². The van der Waals surface area contributed by atoms with Gasteiger partial charge in [-0.3, -0.25) is 9.59 Å². The Morgan fingerprint density at radius 1 is 1.07 bits per heavy atom. The molecule has 27 heavy (non-hydrogen) atoms. The zero-order valence-corrected chi connectivity index (χ0v) is 15.9. The molecule has 0 spiro atoms. The van der Waals surface area contributed by atoms with E-state index in [1.165, 1.54) is 16.3 Å². The molecule has 2 aromatic carbocycles. The highest BCUT2D eigenvalue weighted by atomic mass is 16.2. The molecule has 0 radical (unpaired) electrons. The maximum atomic E-state index is 12.5. The highest BCUT2D eigenvalue weighted by Crippen LogP contribution is 2.23. The standard InChI is InChI=1S/C22H27N3O2/c1-16(26)24-11-9-19(10-12-24)23-20-13-22(27)25(15-20)14-18-7-4-6-17-5-2-3-8-21(17)18/h2-8,19-20,23H,9-15H2,1H3. The summed E-state index contributed by atoms with van der Waals surface area (Å²) in [6.45, 7) is 4.69. The Hall–Kier alpha value is -2.40. The Balaban J connectivity index is 1.36. The van der Waals surface area contributed by atoms with Crippen molar-refractivity contribution in [3.63, 3.8) is 0 Å². The van der Waals surface area contributed by atoms with Gasteiger partial charge >= 0.3 is 0 Å². The molecular formula is C22H27N3O2. The van der Waals surface area contributed by atoms with E-state index >= 15 is 0 Å². The highest BCUT2D eigenvalue weighted by molar-refractivity contribution is 5.86. The van der Waals surface area contributed by atoms with Crippen LogP contribution in [0.5, 0.6) is 0 Å². The Morgan fingerprint density at radius 3 is 2.59 bits per heavy atom. The summed E-state index contributed by atoms with van der Waals surface area (Å²) >= 11 is 0. The lowest BCUT2D eigenvalue weighted by Gasteiger charge is -2.33. The van der Waals surface area contributed by atoms with Gasteiger partial charge in [-0.2, -0.15) is 0 Å². The molecule has 2 amide bonds. The van der Waals surface area contributed by atoms with Crippen LogP contribution < -0.4 is 5.32 Å². The molecule has 1 unspecified atom stereocenters. The fraction of sp³-hybridized carbons (Fsp3) is 0.455. The number of rotatable bonds is 4. The lowest BCUT2D eigenvalue weighted by Crippen LogP contribution is -2.47. The Bertz CT molecular complexity index is 837. The molecule has 2 aromatic rings. The topological polar surface area (TPSA) is 52.7 Å². The second-order valence-corrected chi connectivity index (χ2v) is 7.76. The average Bonchev–Trinajstić information content (AvgIpc) is 3.01.